The number of hydrogen-bond acceptors (Lipinski definition) is 3. The van der Waals surface area contributed by atoms with Gasteiger partial charge in [0.2, 0.25) is 0 Å². The van der Waals surface area contributed by atoms with Gasteiger partial charge in [-0.15, -0.1) is 0 Å². The van der Waals surface area contributed by atoms with Crippen molar-refractivity contribution in [3.05, 3.63) is 53.6 Å². The van der Waals surface area contributed by atoms with Gasteiger partial charge in [-0.05, 0) is 6.07 Å². The van der Waals surface area contributed by atoms with E-state index in [-0.39, 0.29) is 12.6 Å². The predicted molar refractivity (Wildman–Crippen MR) is 70.8 cm³/mol. The van der Waals surface area contributed by atoms with Gasteiger partial charge in [-0.25, -0.2) is 13.8 Å². The van der Waals surface area contributed by atoms with E-state index in [1.807, 2.05) is 6.20 Å². The summed E-state index contributed by atoms with van der Waals surface area (Å²) in [6, 6.07) is 3.39. The Hall–Kier alpha value is -1.79. The van der Waals surface area contributed by atoms with Crippen LogP contribution in [0.3, 0.4) is 0 Å². The lowest BCUT2D eigenvalue weighted by molar-refractivity contribution is 0.153. The molecule has 1 aromatic carbocycles. The highest BCUT2D eigenvalue weighted by atomic mass is 19.1. The van der Waals surface area contributed by atoms with E-state index < -0.39 is 11.6 Å². The first kappa shape index (κ1) is 13.2. The Morgan fingerprint density at radius 1 is 1.30 bits per heavy atom. The number of nitrogens with two attached hydrogens (primary N) is 1. The molecule has 20 heavy (non-hydrogen) atoms. The van der Waals surface area contributed by atoms with Crippen LogP contribution in [0.4, 0.5) is 8.78 Å². The predicted octanol–water partition coefficient (Wildman–Crippen LogP) is 1.68. The molecule has 1 unspecified atom stereocenters. The molecule has 1 aromatic heterocycles. The van der Waals surface area contributed by atoms with E-state index in [1.54, 1.807) is 6.20 Å². The van der Waals surface area contributed by atoms with Gasteiger partial charge in [-0.3, -0.25) is 4.90 Å². The molecule has 106 valence electrons. The van der Waals surface area contributed by atoms with Gasteiger partial charge in [0.25, 0.3) is 0 Å². The molecule has 1 aliphatic heterocycles. The Labute approximate surface area is 115 Å². The molecule has 4 nitrogen and oxygen atoms in total. The Morgan fingerprint density at radius 2 is 2.15 bits per heavy atom. The van der Waals surface area contributed by atoms with Crippen LogP contribution in [0, 0.1) is 11.6 Å². The summed E-state index contributed by atoms with van der Waals surface area (Å²) in [6.45, 7) is 2.46. The molecular weight excluding hydrogens is 262 g/mol. The molecule has 0 spiro atoms. The van der Waals surface area contributed by atoms with Crippen LogP contribution < -0.4 is 5.73 Å². The Kier molecular flexibility index (Phi) is 3.50. The first-order valence-corrected chi connectivity index (χ1v) is 6.58. The van der Waals surface area contributed by atoms with Gasteiger partial charge in [-0.2, -0.15) is 0 Å². The summed E-state index contributed by atoms with van der Waals surface area (Å²) in [4.78, 5) is 6.36. The minimum atomic E-state index is -0.573. The minimum Gasteiger partial charge on any atom is -0.333 e. The summed E-state index contributed by atoms with van der Waals surface area (Å²) >= 11 is 0. The Balaban J connectivity index is 1.87. The quantitative estimate of drug-likeness (QED) is 0.929. The highest BCUT2D eigenvalue weighted by Crippen LogP contribution is 2.26. The average Bonchev–Trinajstić information content (AvgIpc) is 2.89. The molecule has 0 bridgehead atoms. The van der Waals surface area contributed by atoms with E-state index in [2.05, 4.69) is 14.5 Å². The Morgan fingerprint density at radius 3 is 2.90 bits per heavy atom. The SMILES string of the molecule is NCC(c1ccc(F)cc1F)N1CCn2ccnc2C1. The van der Waals surface area contributed by atoms with E-state index in [0.29, 0.717) is 12.1 Å². The zero-order valence-corrected chi connectivity index (χ0v) is 11.0. The number of hydrogen-bond donors (Lipinski definition) is 1. The van der Waals surface area contributed by atoms with Crippen LogP contribution in [-0.2, 0) is 13.1 Å². The third-order valence-corrected chi connectivity index (χ3v) is 3.76. The zero-order chi connectivity index (χ0) is 14.1. The van der Waals surface area contributed by atoms with Gasteiger partial charge in [0.1, 0.15) is 17.5 Å². The second-order valence-electron chi connectivity index (χ2n) is 4.92. The number of halogens is 2. The van der Waals surface area contributed by atoms with Crippen molar-refractivity contribution in [2.75, 3.05) is 13.1 Å². The van der Waals surface area contributed by atoms with Crippen molar-refractivity contribution in [1.82, 2.24) is 14.5 Å². The van der Waals surface area contributed by atoms with Gasteiger partial charge >= 0.3 is 0 Å². The van der Waals surface area contributed by atoms with Gasteiger partial charge in [0, 0.05) is 43.7 Å². The maximum Gasteiger partial charge on any atom is 0.130 e. The molecule has 0 radical (unpaired) electrons. The van der Waals surface area contributed by atoms with Crippen molar-refractivity contribution in [2.24, 2.45) is 5.73 Å². The summed E-state index contributed by atoms with van der Waals surface area (Å²) in [7, 11) is 0. The van der Waals surface area contributed by atoms with Crippen molar-refractivity contribution in [3.63, 3.8) is 0 Å². The van der Waals surface area contributed by atoms with Gasteiger partial charge in [0.15, 0.2) is 0 Å². The van der Waals surface area contributed by atoms with E-state index in [9.17, 15) is 8.78 Å². The molecule has 2 aromatic rings. The number of aromatic nitrogens is 2. The summed E-state index contributed by atoms with van der Waals surface area (Å²) in [5.74, 6) is -0.178. The van der Waals surface area contributed by atoms with Crippen LogP contribution in [0.15, 0.2) is 30.6 Å². The molecular formula is C14H16F2N4. The lowest BCUT2D eigenvalue weighted by Crippen LogP contribution is -2.40. The average molecular weight is 278 g/mol. The van der Waals surface area contributed by atoms with Crippen LogP contribution >= 0.6 is 0 Å². The molecule has 2 heterocycles. The molecule has 0 fully saturated rings. The number of imidazole rings is 1. The highest BCUT2D eigenvalue weighted by Gasteiger charge is 2.26. The highest BCUT2D eigenvalue weighted by molar-refractivity contribution is 5.23. The van der Waals surface area contributed by atoms with Crippen LogP contribution in [0.25, 0.3) is 0 Å². The van der Waals surface area contributed by atoms with Crippen molar-refractivity contribution >= 4 is 0 Å². The molecule has 3 rings (SSSR count). The number of fused-ring (bicyclic) bond motifs is 1. The summed E-state index contributed by atoms with van der Waals surface area (Å²) < 4.78 is 29.0. The molecule has 2 N–H and O–H groups in total. The number of benzene rings is 1. The Bertz CT molecular complexity index is 611. The van der Waals surface area contributed by atoms with Crippen LogP contribution in [0.2, 0.25) is 0 Å². The van der Waals surface area contributed by atoms with Gasteiger partial charge in [0.05, 0.1) is 12.6 Å². The standard InChI is InChI=1S/C14H16F2N4/c15-10-1-2-11(12(16)7-10)13(8-17)20-6-5-19-4-3-18-14(19)9-20/h1-4,7,13H,5-6,8-9,17H2. The van der Waals surface area contributed by atoms with E-state index in [0.717, 1.165) is 25.0 Å². The summed E-state index contributed by atoms with van der Waals surface area (Å²) in [6.07, 6.45) is 3.69. The fourth-order valence-electron chi connectivity index (χ4n) is 2.70. The van der Waals surface area contributed by atoms with Crippen molar-refractivity contribution in [3.8, 4) is 0 Å². The van der Waals surface area contributed by atoms with Gasteiger partial charge in [-0.1, -0.05) is 6.07 Å². The number of rotatable bonds is 3. The van der Waals surface area contributed by atoms with Crippen molar-refractivity contribution in [1.29, 1.82) is 0 Å². The first-order chi connectivity index (χ1) is 9.69. The molecule has 6 heteroatoms. The maximum atomic E-state index is 13.9. The fourth-order valence-corrected chi connectivity index (χ4v) is 2.70. The lowest BCUT2D eigenvalue weighted by Gasteiger charge is -2.34. The van der Waals surface area contributed by atoms with E-state index in [4.69, 9.17) is 5.73 Å². The second-order valence-corrected chi connectivity index (χ2v) is 4.92. The fraction of sp³-hybridized carbons (Fsp3) is 0.357. The topological polar surface area (TPSA) is 47.1 Å². The van der Waals surface area contributed by atoms with Crippen molar-refractivity contribution < 1.29 is 8.78 Å². The van der Waals surface area contributed by atoms with Crippen LogP contribution in [0.5, 0.6) is 0 Å². The first-order valence-electron chi connectivity index (χ1n) is 6.58. The van der Waals surface area contributed by atoms with Crippen LogP contribution in [-0.4, -0.2) is 27.5 Å². The second kappa shape index (κ2) is 5.30. The third kappa shape index (κ3) is 2.32. The molecule has 0 saturated carbocycles. The molecule has 1 atom stereocenters. The molecule has 0 aliphatic carbocycles. The molecule has 0 amide bonds. The van der Waals surface area contributed by atoms with Crippen molar-refractivity contribution in [2.45, 2.75) is 19.1 Å². The smallest absolute Gasteiger partial charge is 0.130 e. The normalized spacial score (nSPS) is 16.9. The van der Waals surface area contributed by atoms with E-state index in [1.165, 1.54) is 12.1 Å². The summed E-state index contributed by atoms with van der Waals surface area (Å²) in [5.41, 5.74) is 6.25. The van der Waals surface area contributed by atoms with Gasteiger partial charge < -0.3 is 10.3 Å². The maximum absolute atomic E-state index is 13.9. The van der Waals surface area contributed by atoms with Crippen LogP contribution in [0.1, 0.15) is 17.4 Å². The monoisotopic (exact) mass is 278 g/mol. The largest absolute Gasteiger partial charge is 0.333 e. The number of nitrogens with zero attached hydrogens (tertiary/aromatic N) is 3. The molecule has 1 aliphatic rings. The lowest BCUT2D eigenvalue weighted by atomic mass is 10.0. The zero-order valence-electron chi connectivity index (χ0n) is 11.0. The third-order valence-electron chi connectivity index (χ3n) is 3.76. The van der Waals surface area contributed by atoms with E-state index >= 15 is 0 Å². The summed E-state index contributed by atoms with van der Waals surface area (Å²) in [5, 5.41) is 0. The minimum absolute atomic E-state index is 0.263. The molecule has 0 saturated heterocycles.